The zero-order valence-electron chi connectivity index (χ0n) is 16.4. The third kappa shape index (κ3) is 4.88. The maximum atomic E-state index is 12.6. The zero-order chi connectivity index (χ0) is 19.9. The second-order valence-electron chi connectivity index (χ2n) is 6.72. The molecule has 1 aromatic carbocycles. The third-order valence-corrected chi connectivity index (χ3v) is 4.84. The Balaban J connectivity index is 1.43. The fourth-order valence-electron chi connectivity index (χ4n) is 3.18. The molecule has 2 amide bonds. The first-order valence-electron chi connectivity index (χ1n) is 9.63. The SMILES string of the molecule is CCc1noc(CCCC(=O)N2CCN(C(=O)c3cccc(OC)c3)CC2)n1. The highest BCUT2D eigenvalue weighted by molar-refractivity contribution is 5.94. The van der Waals surface area contributed by atoms with Gasteiger partial charge in [-0.05, 0) is 24.6 Å². The molecule has 3 rings (SSSR count). The van der Waals surface area contributed by atoms with E-state index in [1.807, 2.05) is 17.9 Å². The molecule has 0 atom stereocenters. The van der Waals surface area contributed by atoms with Gasteiger partial charge in [0.05, 0.1) is 7.11 Å². The van der Waals surface area contributed by atoms with Gasteiger partial charge in [-0.2, -0.15) is 4.98 Å². The molecule has 1 aliphatic heterocycles. The highest BCUT2D eigenvalue weighted by Gasteiger charge is 2.24. The summed E-state index contributed by atoms with van der Waals surface area (Å²) in [5.41, 5.74) is 0.602. The Morgan fingerprint density at radius 1 is 1.18 bits per heavy atom. The van der Waals surface area contributed by atoms with Crippen LogP contribution in [0.2, 0.25) is 0 Å². The Bertz CT molecular complexity index is 812. The maximum Gasteiger partial charge on any atom is 0.254 e. The number of ether oxygens (including phenoxy) is 1. The summed E-state index contributed by atoms with van der Waals surface area (Å²) in [6, 6.07) is 7.13. The molecule has 0 unspecified atom stereocenters. The van der Waals surface area contributed by atoms with Crippen molar-refractivity contribution in [3.63, 3.8) is 0 Å². The second-order valence-corrected chi connectivity index (χ2v) is 6.72. The molecule has 1 aromatic heterocycles. The monoisotopic (exact) mass is 386 g/mol. The molecular formula is C20H26N4O4. The number of aryl methyl sites for hydroxylation is 2. The molecule has 1 fully saturated rings. The highest BCUT2D eigenvalue weighted by atomic mass is 16.5. The highest BCUT2D eigenvalue weighted by Crippen LogP contribution is 2.16. The van der Waals surface area contributed by atoms with Gasteiger partial charge in [-0.3, -0.25) is 9.59 Å². The number of hydrogen-bond acceptors (Lipinski definition) is 6. The minimum atomic E-state index is -0.0332. The molecule has 0 N–H and O–H groups in total. The summed E-state index contributed by atoms with van der Waals surface area (Å²) in [4.78, 5) is 32.9. The predicted octanol–water partition coefficient (Wildman–Crippen LogP) is 1.95. The first kappa shape index (κ1) is 19.9. The van der Waals surface area contributed by atoms with Crippen LogP contribution >= 0.6 is 0 Å². The third-order valence-electron chi connectivity index (χ3n) is 4.84. The molecule has 2 aromatic rings. The average molecular weight is 386 g/mol. The molecule has 1 saturated heterocycles. The van der Waals surface area contributed by atoms with Crippen LogP contribution in [0.15, 0.2) is 28.8 Å². The summed E-state index contributed by atoms with van der Waals surface area (Å²) in [6.07, 6.45) is 2.45. The van der Waals surface area contributed by atoms with E-state index in [2.05, 4.69) is 10.1 Å². The Hall–Kier alpha value is -2.90. The molecular weight excluding hydrogens is 360 g/mol. The number of carbonyl (C=O) groups is 2. The van der Waals surface area contributed by atoms with Gasteiger partial charge >= 0.3 is 0 Å². The van der Waals surface area contributed by atoms with Gasteiger partial charge in [0.2, 0.25) is 11.8 Å². The zero-order valence-corrected chi connectivity index (χ0v) is 16.4. The fourth-order valence-corrected chi connectivity index (χ4v) is 3.18. The van der Waals surface area contributed by atoms with Gasteiger partial charge in [-0.25, -0.2) is 0 Å². The van der Waals surface area contributed by atoms with Crippen molar-refractivity contribution in [3.05, 3.63) is 41.5 Å². The van der Waals surface area contributed by atoms with Gasteiger partial charge in [-0.15, -0.1) is 0 Å². The van der Waals surface area contributed by atoms with Gasteiger partial charge in [0.15, 0.2) is 5.82 Å². The van der Waals surface area contributed by atoms with E-state index >= 15 is 0 Å². The number of benzene rings is 1. The lowest BCUT2D eigenvalue weighted by molar-refractivity contribution is -0.132. The Kier molecular flexibility index (Phi) is 6.62. The number of methoxy groups -OCH3 is 1. The van der Waals surface area contributed by atoms with Crippen LogP contribution in [0.25, 0.3) is 0 Å². The molecule has 0 bridgehead atoms. The van der Waals surface area contributed by atoms with Crippen LogP contribution in [0.3, 0.4) is 0 Å². The Morgan fingerprint density at radius 2 is 1.93 bits per heavy atom. The van der Waals surface area contributed by atoms with Crippen LogP contribution in [0, 0.1) is 0 Å². The van der Waals surface area contributed by atoms with Crippen molar-refractivity contribution < 1.29 is 18.8 Å². The van der Waals surface area contributed by atoms with Crippen LogP contribution in [0.5, 0.6) is 5.75 Å². The van der Waals surface area contributed by atoms with Crippen molar-refractivity contribution in [2.45, 2.75) is 32.6 Å². The van der Waals surface area contributed by atoms with Crippen molar-refractivity contribution in [2.24, 2.45) is 0 Å². The summed E-state index contributed by atoms with van der Waals surface area (Å²) < 4.78 is 10.3. The van der Waals surface area contributed by atoms with Crippen LogP contribution in [-0.4, -0.2) is 65.0 Å². The van der Waals surface area contributed by atoms with Gasteiger partial charge in [0.25, 0.3) is 5.91 Å². The minimum absolute atomic E-state index is 0.0332. The molecule has 150 valence electrons. The first-order valence-corrected chi connectivity index (χ1v) is 9.63. The van der Waals surface area contributed by atoms with E-state index in [1.54, 1.807) is 30.2 Å². The minimum Gasteiger partial charge on any atom is -0.497 e. The van der Waals surface area contributed by atoms with Crippen molar-refractivity contribution in [3.8, 4) is 5.75 Å². The van der Waals surface area contributed by atoms with E-state index in [0.717, 1.165) is 6.42 Å². The molecule has 0 aliphatic carbocycles. The Morgan fingerprint density at radius 3 is 2.61 bits per heavy atom. The molecule has 1 aliphatic rings. The molecule has 8 nitrogen and oxygen atoms in total. The summed E-state index contributed by atoms with van der Waals surface area (Å²) in [5.74, 6) is 2.00. The number of rotatable bonds is 7. The van der Waals surface area contributed by atoms with Crippen LogP contribution in [-0.2, 0) is 17.6 Å². The Labute approximate surface area is 164 Å². The predicted molar refractivity (Wildman–Crippen MR) is 102 cm³/mol. The molecule has 28 heavy (non-hydrogen) atoms. The van der Waals surface area contributed by atoms with E-state index in [1.165, 1.54) is 0 Å². The molecule has 0 saturated carbocycles. The van der Waals surface area contributed by atoms with E-state index in [9.17, 15) is 9.59 Å². The van der Waals surface area contributed by atoms with Crippen molar-refractivity contribution >= 4 is 11.8 Å². The lowest BCUT2D eigenvalue weighted by Crippen LogP contribution is -2.50. The van der Waals surface area contributed by atoms with Crippen LogP contribution in [0.1, 0.15) is 41.8 Å². The molecule has 0 radical (unpaired) electrons. The largest absolute Gasteiger partial charge is 0.497 e. The average Bonchev–Trinajstić information content (AvgIpc) is 3.21. The van der Waals surface area contributed by atoms with Crippen molar-refractivity contribution in [1.82, 2.24) is 19.9 Å². The molecule has 2 heterocycles. The summed E-state index contributed by atoms with van der Waals surface area (Å²) in [6.45, 7) is 4.14. The topological polar surface area (TPSA) is 88.8 Å². The van der Waals surface area contributed by atoms with Crippen molar-refractivity contribution in [2.75, 3.05) is 33.3 Å². The first-order chi connectivity index (χ1) is 13.6. The number of amides is 2. The smallest absolute Gasteiger partial charge is 0.254 e. The maximum absolute atomic E-state index is 12.6. The number of aromatic nitrogens is 2. The second kappa shape index (κ2) is 9.34. The quantitative estimate of drug-likeness (QED) is 0.723. The van der Waals surface area contributed by atoms with Crippen molar-refractivity contribution in [1.29, 1.82) is 0 Å². The standard InChI is InChI=1S/C20H26N4O4/c1-3-17-21-18(28-22-17)8-5-9-19(25)23-10-12-24(13-11-23)20(26)15-6-4-7-16(14-15)27-2/h4,6-7,14H,3,5,8-13H2,1-2H3. The van der Waals surface area contributed by atoms with E-state index < -0.39 is 0 Å². The number of nitrogens with zero attached hydrogens (tertiary/aromatic N) is 4. The van der Waals surface area contributed by atoms with Gasteiger partial charge < -0.3 is 19.1 Å². The lowest BCUT2D eigenvalue weighted by Gasteiger charge is -2.35. The number of piperazine rings is 1. The normalized spacial score (nSPS) is 14.2. The van der Waals surface area contributed by atoms with E-state index in [0.29, 0.717) is 68.5 Å². The molecule has 0 spiro atoms. The number of carbonyl (C=O) groups excluding carboxylic acids is 2. The van der Waals surface area contributed by atoms with Gasteiger partial charge in [0, 0.05) is 51.0 Å². The summed E-state index contributed by atoms with van der Waals surface area (Å²) in [5, 5.41) is 3.86. The molecule has 8 heteroatoms. The summed E-state index contributed by atoms with van der Waals surface area (Å²) in [7, 11) is 1.58. The number of hydrogen-bond donors (Lipinski definition) is 0. The summed E-state index contributed by atoms with van der Waals surface area (Å²) >= 11 is 0. The van der Waals surface area contributed by atoms with Crippen LogP contribution < -0.4 is 4.74 Å². The van der Waals surface area contributed by atoms with Gasteiger partial charge in [-0.1, -0.05) is 18.1 Å². The van der Waals surface area contributed by atoms with E-state index in [-0.39, 0.29) is 11.8 Å². The lowest BCUT2D eigenvalue weighted by atomic mass is 10.1. The van der Waals surface area contributed by atoms with Crippen LogP contribution in [0.4, 0.5) is 0 Å². The van der Waals surface area contributed by atoms with E-state index in [4.69, 9.17) is 9.26 Å². The van der Waals surface area contributed by atoms with Gasteiger partial charge in [0.1, 0.15) is 5.75 Å². The fraction of sp³-hybridized carbons (Fsp3) is 0.500.